The smallest absolute Gasteiger partial charge is 0.303 e. The van der Waals surface area contributed by atoms with Gasteiger partial charge in [0.05, 0.1) is 12.2 Å². The van der Waals surface area contributed by atoms with Gasteiger partial charge in [-0.2, -0.15) is 0 Å². The molecule has 0 heterocycles. The van der Waals surface area contributed by atoms with Gasteiger partial charge in [-0.15, -0.1) is 0 Å². The van der Waals surface area contributed by atoms with Crippen molar-refractivity contribution in [2.75, 3.05) is 0 Å². The Morgan fingerprint density at radius 1 is 1.15 bits per heavy atom. The quantitative estimate of drug-likeness (QED) is 0.453. The van der Waals surface area contributed by atoms with Gasteiger partial charge in [0.25, 0.3) is 0 Å². The van der Waals surface area contributed by atoms with E-state index in [1.807, 2.05) is 43.4 Å². The molecular weight excluding hydrogens is 344 g/mol. The Morgan fingerprint density at radius 3 is 2.41 bits per heavy atom. The zero-order valence-electron chi connectivity index (χ0n) is 16.0. The van der Waals surface area contributed by atoms with Gasteiger partial charge in [0, 0.05) is 18.8 Å². The van der Waals surface area contributed by atoms with Crippen LogP contribution in [0.4, 0.5) is 0 Å². The van der Waals surface area contributed by atoms with E-state index in [0.717, 1.165) is 19.3 Å². The van der Waals surface area contributed by atoms with E-state index >= 15 is 0 Å². The molecule has 150 valence electrons. The van der Waals surface area contributed by atoms with Gasteiger partial charge in [-0.3, -0.25) is 9.59 Å². The molecule has 0 saturated heterocycles. The van der Waals surface area contributed by atoms with Crippen LogP contribution < -0.4 is 0 Å². The van der Waals surface area contributed by atoms with E-state index in [4.69, 9.17) is 5.11 Å². The summed E-state index contributed by atoms with van der Waals surface area (Å²) >= 11 is 0. The van der Waals surface area contributed by atoms with E-state index in [9.17, 15) is 19.8 Å². The second-order valence-electron chi connectivity index (χ2n) is 6.84. The van der Waals surface area contributed by atoms with Crippen LogP contribution in [0.15, 0.2) is 48.6 Å². The third kappa shape index (κ3) is 9.50. The van der Waals surface area contributed by atoms with Crippen molar-refractivity contribution in [1.29, 1.82) is 0 Å². The minimum Gasteiger partial charge on any atom is -0.481 e. The molecule has 27 heavy (non-hydrogen) atoms. The highest BCUT2D eigenvalue weighted by Gasteiger charge is 2.38. The lowest BCUT2D eigenvalue weighted by Crippen LogP contribution is -2.18. The third-order valence-electron chi connectivity index (χ3n) is 4.70. The van der Waals surface area contributed by atoms with Gasteiger partial charge in [-0.05, 0) is 38.0 Å². The van der Waals surface area contributed by atoms with Crippen LogP contribution in [0.1, 0.15) is 51.9 Å². The van der Waals surface area contributed by atoms with Crippen molar-refractivity contribution in [1.82, 2.24) is 0 Å². The van der Waals surface area contributed by atoms with E-state index in [-0.39, 0.29) is 30.5 Å². The molecule has 0 aliphatic heterocycles. The lowest BCUT2D eigenvalue weighted by Gasteiger charge is -2.16. The highest BCUT2D eigenvalue weighted by atomic mass is 16.4. The SMILES string of the molecule is CC[C@H]1[C@@H](O)CC(=O)[C@@H]1/C=C/[C@H](O)C/C=C\C/C=C\C/C=C\CCC(=O)O. The third-order valence-corrected chi connectivity index (χ3v) is 4.70. The number of aliphatic carboxylic acids is 1. The summed E-state index contributed by atoms with van der Waals surface area (Å²) in [7, 11) is 0. The molecule has 1 saturated carbocycles. The zero-order chi connectivity index (χ0) is 20.1. The topological polar surface area (TPSA) is 94.8 Å². The molecule has 1 fully saturated rings. The standard InChI is InChI=1S/C22H32O5/c1-2-18-19(21(25)16-20(18)24)15-14-17(23)12-10-8-6-4-3-5-7-9-11-13-22(26)27/h3-4,7-10,14-15,17-20,23-24H,2,5-6,11-13,16H2,1H3,(H,26,27)/b4-3-,9-7-,10-8-,15-14+/t17-,18-,19-,20+/m1/s1. The van der Waals surface area contributed by atoms with Crippen LogP contribution in [0.3, 0.4) is 0 Å². The molecule has 0 amide bonds. The van der Waals surface area contributed by atoms with Gasteiger partial charge >= 0.3 is 5.97 Å². The molecule has 0 bridgehead atoms. The largest absolute Gasteiger partial charge is 0.481 e. The Kier molecular flexibility index (Phi) is 11.3. The predicted molar refractivity (Wildman–Crippen MR) is 106 cm³/mol. The van der Waals surface area contributed by atoms with Crippen molar-refractivity contribution in [3.05, 3.63) is 48.6 Å². The number of ketones is 1. The summed E-state index contributed by atoms with van der Waals surface area (Å²) in [6.07, 6.45) is 17.7. The van der Waals surface area contributed by atoms with Gasteiger partial charge in [0.15, 0.2) is 0 Å². The zero-order valence-corrected chi connectivity index (χ0v) is 16.0. The molecule has 5 nitrogen and oxygen atoms in total. The molecule has 1 aliphatic rings. The van der Waals surface area contributed by atoms with Crippen LogP contribution in [0.25, 0.3) is 0 Å². The Hall–Kier alpha value is -1.98. The minimum absolute atomic E-state index is 0.0418. The first kappa shape index (κ1) is 23.1. The fourth-order valence-corrected chi connectivity index (χ4v) is 3.18. The van der Waals surface area contributed by atoms with Crippen LogP contribution in [-0.4, -0.2) is 39.3 Å². The fraction of sp³-hybridized carbons (Fsp3) is 0.545. The van der Waals surface area contributed by atoms with Gasteiger partial charge in [0.1, 0.15) is 5.78 Å². The number of aliphatic hydroxyl groups is 2. The number of allylic oxidation sites excluding steroid dienone is 6. The number of carboxylic acids is 1. The van der Waals surface area contributed by atoms with Crippen molar-refractivity contribution in [2.45, 2.75) is 64.1 Å². The van der Waals surface area contributed by atoms with Gasteiger partial charge in [-0.25, -0.2) is 0 Å². The number of carboxylic acid groups (broad SMARTS) is 1. The van der Waals surface area contributed by atoms with Crippen molar-refractivity contribution in [3.8, 4) is 0 Å². The van der Waals surface area contributed by atoms with E-state index in [1.54, 1.807) is 12.2 Å². The molecule has 0 aromatic rings. The lowest BCUT2D eigenvalue weighted by molar-refractivity contribution is -0.136. The average molecular weight is 376 g/mol. The average Bonchev–Trinajstić information content (AvgIpc) is 2.90. The van der Waals surface area contributed by atoms with Crippen LogP contribution in [0.5, 0.6) is 0 Å². The number of carbonyl (C=O) groups is 2. The number of Topliss-reactive ketones (excluding diaryl/α,β-unsaturated/α-hetero) is 1. The molecule has 1 rings (SSSR count). The Labute approximate surface area is 161 Å². The van der Waals surface area contributed by atoms with Crippen LogP contribution in [0, 0.1) is 11.8 Å². The minimum atomic E-state index is -0.782. The molecule has 0 aromatic carbocycles. The summed E-state index contributed by atoms with van der Waals surface area (Å²) in [4.78, 5) is 22.2. The summed E-state index contributed by atoms with van der Waals surface area (Å²) < 4.78 is 0. The summed E-state index contributed by atoms with van der Waals surface area (Å²) in [5, 5.41) is 28.4. The maximum atomic E-state index is 11.9. The normalized spacial score (nSPS) is 24.9. The number of rotatable bonds is 12. The van der Waals surface area contributed by atoms with E-state index in [2.05, 4.69) is 0 Å². The lowest BCUT2D eigenvalue weighted by atomic mass is 9.91. The molecule has 0 spiro atoms. The summed E-state index contributed by atoms with van der Waals surface area (Å²) in [6, 6.07) is 0. The second kappa shape index (κ2) is 13.2. The molecular formula is C22H32O5. The highest BCUT2D eigenvalue weighted by molar-refractivity contribution is 5.85. The van der Waals surface area contributed by atoms with Crippen LogP contribution >= 0.6 is 0 Å². The number of hydrogen-bond donors (Lipinski definition) is 3. The maximum Gasteiger partial charge on any atom is 0.303 e. The van der Waals surface area contributed by atoms with Crippen molar-refractivity contribution >= 4 is 11.8 Å². The molecule has 0 aromatic heterocycles. The first-order valence-electron chi connectivity index (χ1n) is 9.69. The molecule has 3 N–H and O–H groups in total. The van der Waals surface area contributed by atoms with Crippen LogP contribution in [0.2, 0.25) is 0 Å². The highest BCUT2D eigenvalue weighted by Crippen LogP contribution is 2.32. The second-order valence-corrected chi connectivity index (χ2v) is 6.84. The molecule has 1 aliphatic carbocycles. The molecule has 5 heteroatoms. The first-order valence-corrected chi connectivity index (χ1v) is 9.69. The molecule has 0 unspecified atom stereocenters. The van der Waals surface area contributed by atoms with Crippen molar-refractivity contribution < 1.29 is 24.9 Å². The summed E-state index contributed by atoms with van der Waals surface area (Å²) in [6.45, 7) is 1.96. The van der Waals surface area contributed by atoms with Crippen molar-refractivity contribution in [3.63, 3.8) is 0 Å². The summed E-state index contributed by atoms with van der Waals surface area (Å²) in [5.41, 5.74) is 0. The maximum absolute atomic E-state index is 11.9. The number of aliphatic hydroxyl groups excluding tert-OH is 2. The monoisotopic (exact) mass is 376 g/mol. The Morgan fingerprint density at radius 2 is 1.78 bits per heavy atom. The van der Waals surface area contributed by atoms with E-state index < -0.39 is 18.2 Å². The van der Waals surface area contributed by atoms with E-state index in [0.29, 0.717) is 12.8 Å². The summed E-state index contributed by atoms with van der Waals surface area (Å²) in [5.74, 6) is -1.06. The molecule has 4 atom stereocenters. The van der Waals surface area contributed by atoms with Crippen LogP contribution in [-0.2, 0) is 9.59 Å². The Bertz CT molecular complexity index is 573. The number of hydrogen-bond acceptors (Lipinski definition) is 4. The van der Waals surface area contributed by atoms with Crippen molar-refractivity contribution in [2.24, 2.45) is 11.8 Å². The van der Waals surface area contributed by atoms with Gasteiger partial charge in [-0.1, -0.05) is 55.5 Å². The van der Waals surface area contributed by atoms with Gasteiger partial charge < -0.3 is 15.3 Å². The molecule has 0 radical (unpaired) electrons. The predicted octanol–water partition coefficient (Wildman–Crippen LogP) is 3.58. The van der Waals surface area contributed by atoms with Gasteiger partial charge in [0.2, 0.25) is 0 Å². The van der Waals surface area contributed by atoms with E-state index in [1.165, 1.54) is 0 Å². The number of carbonyl (C=O) groups excluding carboxylic acids is 1. The Balaban J connectivity index is 2.22. The first-order chi connectivity index (χ1) is 13.0. The fourth-order valence-electron chi connectivity index (χ4n) is 3.18.